The molecule has 2 aromatic heterocycles. The Hall–Kier alpha value is -2.36. The molecule has 2 heterocycles. The summed E-state index contributed by atoms with van der Waals surface area (Å²) in [6, 6.07) is 9.70. The zero-order valence-electron chi connectivity index (χ0n) is 10.3. The summed E-state index contributed by atoms with van der Waals surface area (Å²) >= 11 is 0. The highest BCUT2D eigenvalue weighted by molar-refractivity contribution is 5.63. The van der Waals surface area contributed by atoms with Gasteiger partial charge in [0.15, 0.2) is 0 Å². The van der Waals surface area contributed by atoms with Gasteiger partial charge < -0.3 is 0 Å². The second-order valence-electron chi connectivity index (χ2n) is 4.47. The fourth-order valence-electron chi connectivity index (χ4n) is 2.04. The molecule has 1 N–H and O–H groups in total. The maximum atomic E-state index is 11.8. The topological polar surface area (TPSA) is 50.2 Å². The van der Waals surface area contributed by atoms with Crippen molar-refractivity contribution in [1.29, 1.82) is 0 Å². The van der Waals surface area contributed by atoms with Gasteiger partial charge in [-0.05, 0) is 13.8 Å². The molecule has 0 radical (unpaired) electrons. The van der Waals surface area contributed by atoms with Crippen LogP contribution in [-0.2, 0) is 0 Å². The van der Waals surface area contributed by atoms with E-state index in [1.165, 1.54) is 5.56 Å². The molecule has 0 aliphatic heterocycles. The largest absolute Gasteiger partial charge is 0.296 e. The molecule has 3 rings (SSSR count). The maximum Gasteiger partial charge on any atom is 0.224 e. The number of hydrogen-bond acceptors (Lipinski definition) is 2. The summed E-state index contributed by atoms with van der Waals surface area (Å²) in [5.41, 5.74) is 4.32. The first-order chi connectivity index (χ1) is 8.65. The molecule has 0 saturated carbocycles. The molecule has 0 aliphatic carbocycles. The van der Waals surface area contributed by atoms with Gasteiger partial charge in [0.2, 0.25) is 11.1 Å². The Balaban J connectivity index is 2.30. The molecule has 18 heavy (non-hydrogen) atoms. The number of aromatic amines is 1. The number of aromatic nitrogens is 3. The zero-order valence-corrected chi connectivity index (χ0v) is 10.3. The fraction of sp³-hybridized carbons (Fsp3) is 0.143. The number of imidazole rings is 1. The van der Waals surface area contributed by atoms with Crippen molar-refractivity contribution in [3.63, 3.8) is 0 Å². The summed E-state index contributed by atoms with van der Waals surface area (Å²) in [5, 5.41) is 3.15. The van der Waals surface area contributed by atoms with Crippen molar-refractivity contribution < 1.29 is 0 Å². The molecule has 3 aromatic rings. The van der Waals surface area contributed by atoms with Crippen molar-refractivity contribution >= 4 is 5.65 Å². The Bertz CT molecular complexity index is 766. The normalized spacial score (nSPS) is 11.0. The number of H-pyrrole nitrogens is 1. The van der Waals surface area contributed by atoms with Gasteiger partial charge >= 0.3 is 0 Å². The molecule has 0 fully saturated rings. The van der Waals surface area contributed by atoms with Gasteiger partial charge in [0.05, 0.1) is 11.9 Å². The van der Waals surface area contributed by atoms with E-state index < -0.39 is 0 Å². The summed E-state index contributed by atoms with van der Waals surface area (Å²) in [5.74, 6) is 0. The van der Waals surface area contributed by atoms with E-state index in [0.717, 1.165) is 17.0 Å². The first-order valence-electron chi connectivity index (χ1n) is 5.79. The van der Waals surface area contributed by atoms with Gasteiger partial charge in [-0.3, -0.25) is 9.89 Å². The monoisotopic (exact) mass is 239 g/mol. The number of hydrogen-bond donors (Lipinski definition) is 1. The molecular formula is C14H13N3O. The molecule has 4 nitrogen and oxygen atoms in total. The van der Waals surface area contributed by atoms with Gasteiger partial charge in [-0.1, -0.05) is 29.8 Å². The average molecular weight is 239 g/mol. The van der Waals surface area contributed by atoms with Gasteiger partial charge in [-0.2, -0.15) is 0 Å². The Labute approximate surface area is 104 Å². The van der Waals surface area contributed by atoms with Crippen LogP contribution in [0.4, 0.5) is 0 Å². The van der Waals surface area contributed by atoms with Crippen molar-refractivity contribution in [2.24, 2.45) is 0 Å². The summed E-state index contributed by atoms with van der Waals surface area (Å²) in [4.78, 5) is 16.0. The van der Waals surface area contributed by atoms with E-state index in [-0.39, 0.29) is 5.43 Å². The highest BCUT2D eigenvalue weighted by atomic mass is 16.1. The van der Waals surface area contributed by atoms with Crippen LogP contribution >= 0.6 is 0 Å². The van der Waals surface area contributed by atoms with Crippen molar-refractivity contribution in [3.05, 3.63) is 58.0 Å². The number of rotatable bonds is 1. The smallest absolute Gasteiger partial charge is 0.224 e. The van der Waals surface area contributed by atoms with E-state index in [4.69, 9.17) is 0 Å². The lowest BCUT2D eigenvalue weighted by molar-refractivity contribution is 0.900. The molecule has 0 spiro atoms. The highest BCUT2D eigenvalue weighted by Gasteiger charge is 2.08. The maximum absolute atomic E-state index is 11.8. The van der Waals surface area contributed by atoms with E-state index in [0.29, 0.717) is 5.65 Å². The number of nitrogens with one attached hydrogen (secondary N) is 1. The minimum absolute atomic E-state index is 0.0652. The van der Waals surface area contributed by atoms with E-state index in [1.807, 2.05) is 38.1 Å². The molecule has 0 aliphatic rings. The van der Waals surface area contributed by atoms with E-state index in [9.17, 15) is 4.79 Å². The van der Waals surface area contributed by atoms with Crippen molar-refractivity contribution in [3.8, 4) is 11.3 Å². The van der Waals surface area contributed by atoms with E-state index >= 15 is 0 Å². The third-order valence-corrected chi connectivity index (χ3v) is 2.97. The predicted molar refractivity (Wildman–Crippen MR) is 70.7 cm³/mol. The third kappa shape index (κ3) is 1.62. The summed E-state index contributed by atoms with van der Waals surface area (Å²) in [6.45, 7) is 3.91. The summed E-state index contributed by atoms with van der Waals surface area (Å²) in [7, 11) is 0. The molecule has 0 saturated heterocycles. The van der Waals surface area contributed by atoms with Crippen LogP contribution in [0, 0.1) is 13.8 Å². The Morgan fingerprint density at radius 3 is 2.61 bits per heavy atom. The van der Waals surface area contributed by atoms with Gasteiger partial charge in [-0.15, -0.1) is 0 Å². The number of benzene rings is 1. The Kier molecular flexibility index (Phi) is 2.30. The van der Waals surface area contributed by atoms with Crippen LogP contribution in [0.5, 0.6) is 0 Å². The first-order valence-corrected chi connectivity index (χ1v) is 5.79. The number of fused-ring (bicyclic) bond motifs is 1. The third-order valence-electron chi connectivity index (χ3n) is 2.97. The van der Waals surface area contributed by atoms with Crippen molar-refractivity contribution in [2.45, 2.75) is 13.8 Å². The lowest BCUT2D eigenvalue weighted by atomic mass is 10.1. The predicted octanol–water partition coefficient (Wildman–Crippen LogP) is 2.31. The summed E-state index contributed by atoms with van der Waals surface area (Å²) in [6.07, 6.45) is 1.72. The van der Waals surface area contributed by atoms with Crippen LogP contribution in [0.3, 0.4) is 0 Å². The molecule has 1 aromatic carbocycles. The Morgan fingerprint density at radius 2 is 1.89 bits per heavy atom. The van der Waals surface area contributed by atoms with Crippen LogP contribution in [-0.4, -0.2) is 14.6 Å². The van der Waals surface area contributed by atoms with Crippen LogP contribution in [0.1, 0.15) is 11.3 Å². The van der Waals surface area contributed by atoms with Gasteiger partial charge in [0.1, 0.15) is 0 Å². The molecule has 0 atom stereocenters. The zero-order chi connectivity index (χ0) is 12.7. The standard InChI is InChI=1S/C14H13N3O/c1-9-3-5-11(6-4-9)12-8-15-14-13(18)7-10(2)16-17(12)14/h3-8,16H,1-2H3. The van der Waals surface area contributed by atoms with Crippen LogP contribution in [0.25, 0.3) is 16.9 Å². The lowest BCUT2D eigenvalue weighted by Gasteiger charge is -2.03. The SMILES string of the molecule is Cc1ccc(-c2cnc3c(=O)cc(C)[nH]n23)cc1. The van der Waals surface area contributed by atoms with Crippen molar-refractivity contribution in [1.82, 2.24) is 14.6 Å². The average Bonchev–Trinajstić information content (AvgIpc) is 2.74. The molecule has 90 valence electrons. The van der Waals surface area contributed by atoms with E-state index in [1.54, 1.807) is 16.8 Å². The van der Waals surface area contributed by atoms with E-state index in [2.05, 4.69) is 10.1 Å². The van der Waals surface area contributed by atoms with Gasteiger partial charge in [0, 0.05) is 17.3 Å². The molecule has 4 heteroatoms. The minimum Gasteiger partial charge on any atom is -0.296 e. The molecule has 0 unspecified atom stereocenters. The minimum atomic E-state index is -0.0652. The number of aryl methyl sites for hydroxylation is 2. The second kappa shape index (κ2) is 3.84. The molecule has 0 amide bonds. The second-order valence-corrected chi connectivity index (χ2v) is 4.47. The van der Waals surface area contributed by atoms with Gasteiger partial charge in [0.25, 0.3) is 0 Å². The van der Waals surface area contributed by atoms with Crippen LogP contribution in [0.2, 0.25) is 0 Å². The highest BCUT2D eigenvalue weighted by Crippen LogP contribution is 2.19. The van der Waals surface area contributed by atoms with Crippen molar-refractivity contribution in [2.75, 3.05) is 0 Å². The van der Waals surface area contributed by atoms with Gasteiger partial charge in [-0.25, -0.2) is 9.50 Å². The molecule has 0 bridgehead atoms. The lowest BCUT2D eigenvalue weighted by Crippen LogP contribution is -2.09. The number of nitrogens with zero attached hydrogens (tertiary/aromatic N) is 2. The Morgan fingerprint density at radius 1 is 1.17 bits per heavy atom. The van der Waals surface area contributed by atoms with Crippen LogP contribution < -0.4 is 5.43 Å². The first kappa shape index (κ1) is 10.8. The summed E-state index contributed by atoms with van der Waals surface area (Å²) < 4.78 is 1.74. The van der Waals surface area contributed by atoms with Crippen LogP contribution in [0.15, 0.2) is 41.3 Å². The molecular weight excluding hydrogens is 226 g/mol. The quantitative estimate of drug-likeness (QED) is 0.708. The fourth-order valence-corrected chi connectivity index (χ4v) is 2.04.